The molecule has 10 nitrogen and oxygen atoms in total. The lowest BCUT2D eigenvalue weighted by atomic mass is 9.99. The molecule has 1 fully saturated rings. The van der Waals surface area contributed by atoms with Crippen LogP contribution in [-0.4, -0.2) is 51.7 Å². The molecule has 0 bridgehead atoms. The number of nitrogens with zero attached hydrogens (tertiary/aromatic N) is 5. The number of rotatable bonds is 5. The van der Waals surface area contributed by atoms with E-state index < -0.39 is 15.9 Å². The summed E-state index contributed by atoms with van der Waals surface area (Å²) >= 11 is 5.85. The minimum atomic E-state index is -3.72. The van der Waals surface area contributed by atoms with Gasteiger partial charge in [0.2, 0.25) is 15.9 Å². The summed E-state index contributed by atoms with van der Waals surface area (Å²) in [5, 5.41) is 15.1. The fraction of sp³-hybridized carbons (Fsp3) is 0.368. The van der Waals surface area contributed by atoms with Gasteiger partial charge in [-0.15, -0.1) is 5.10 Å². The Balaban J connectivity index is 1.45. The lowest BCUT2D eigenvalue weighted by Crippen LogP contribution is -2.43. The van der Waals surface area contributed by atoms with Gasteiger partial charge >= 0.3 is 6.01 Å². The maximum Gasteiger partial charge on any atom is 0.322 e. The van der Waals surface area contributed by atoms with E-state index in [-0.39, 0.29) is 29.3 Å². The Bertz CT molecular complexity index is 1200. The highest BCUT2D eigenvalue weighted by molar-refractivity contribution is 7.89. The third-order valence-corrected chi connectivity index (χ3v) is 7.21. The maximum absolute atomic E-state index is 12.9. The molecule has 3 heterocycles. The summed E-state index contributed by atoms with van der Waals surface area (Å²) in [5.41, 5.74) is 1.42. The first-order valence-corrected chi connectivity index (χ1v) is 11.5. The smallest absolute Gasteiger partial charge is 0.322 e. The summed E-state index contributed by atoms with van der Waals surface area (Å²) in [5.74, 6) is -0.675. The van der Waals surface area contributed by atoms with Crippen molar-refractivity contribution in [3.63, 3.8) is 0 Å². The number of hydrogen-bond donors (Lipinski definition) is 1. The standard InChI is InChI=1S/C19H21ClN6O4S/c1-12-10-16(25(2)24-12)18-22-23-19(30-18)21-17(27)13-4-3-9-26(11-13)31(28,29)15-7-5-14(20)6-8-15/h5-8,10,13H,3-4,9,11H2,1-2H3,(H,21,23,27). The average molecular weight is 465 g/mol. The van der Waals surface area contributed by atoms with Gasteiger partial charge < -0.3 is 4.42 Å². The van der Waals surface area contributed by atoms with Gasteiger partial charge in [0, 0.05) is 25.2 Å². The normalized spacial score (nSPS) is 17.6. The van der Waals surface area contributed by atoms with E-state index in [1.54, 1.807) is 17.8 Å². The molecule has 1 atom stereocenters. The van der Waals surface area contributed by atoms with Crippen molar-refractivity contribution in [2.24, 2.45) is 13.0 Å². The molecular formula is C19H21ClN6O4S. The quantitative estimate of drug-likeness (QED) is 0.615. The molecule has 12 heteroatoms. The van der Waals surface area contributed by atoms with Gasteiger partial charge in [-0.25, -0.2) is 8.42 Å². The van der Waals surface area contributed by atoms with Crippen LogP contribution >= 0.6 is 11.6 Å². The maximum atomic E-state index is 12.9. The largest absolute Gasteiger partial charge is 0.401 e. The Kier molecular flexibility index (Phi) is 5.82. The fourth-order valence-corrected chi connectivity index (χ4v) is 5.18. The summed E-state index contributed by atoms with van der Waals surface area (Å²) < 4.78 is 34.3. The summed E-state index contributed by atoms with van der Waals surface area (Å²) in [4.78, 5) is 12.9. The fourth-order valence-electron chi connectivity index (χ4n) is 3.53. The predicted octanol–water partition coefficient (Wildman–Crippen LogP) is 2.47. The van der Waals surface area contributed by atoms with Crippen LogP contribution in [0.3, 0.4) is 0 Å². The van der Waals surface area contributed by atoms with Crippen molar-refractivity contribution in [2.45, 2.75) is 24.7 Å². The average Bonchev–Trinajstić information content (AvgIpc) is 3.33. The molecule has 0 radical (unpaired) electrons. The van der Waals surface area contributed by atoms with E-state index in [0.717, 1.165) is 5.69 Å². The zero-order valence-electron chi connectivity index (χ0n) is 16.9. The number of anilines is 1. The molecule has 1 aromatic carbocycles. The van der Waals surface area contributed by atoms with Crippen LogP contribution in [0, 0.1) is 12.8 Å². The Morgan fingerprint density at radius 1 is 1.26 bits per heavy atom. The highest BCUT2D eigenvalue weighted by atomic mass is 35.5. The van der Waals surface area contributed by atoms with E-state index >= 15 is 0 Å². The number of nitrogens with one attached hydrogen (secondary N) is 1. The first-order chi connectivity index (χ1) is 14.7. The van der Waals surface area contributed by atoms with Crippen LogP contribution in [0.1, 0.15) is 18.5 Å². The van der Waals surface area contributed by atoms with Crippen molar-refractivity contribution >= 4 is 33.5 Å². The van der Waals surface area contributed by atoms with Crippen LogP contribution in [0.25, 0.3) is 11.6 Å². The zero-order valence-corrected chi connectivity index (χ0v) is 18.5. The Hall–Kier alpha value is -2.76. The van der Waals surface area contributed by atoms with Crippen molar-refractivity contribution in [2.75, 3.05) is 18.4 Å². The minimum absolute atomic E-state index is 0.0449. The van der Waals surface area contributed by atoms with Gasteiger partial charge in [0.25, 0.3) is 5.89 Å². The van der Waals surface area contributed by atoms with E-state index in [2.05, 4.69) is 20.6 Å². The molecule has 0 aliphatic carbocycles. The SMILES string of the molecule is Cc1cc(-c2nnc(NC(=O)C3CCCN(S(=O)(=O)c4ccc(Cl)cc4)C3)o2)n(C)n1. The molecule has 0 spiro atoms. The van der Waals surface area contributed by atoms with Gasteiger partial charge in [0.15, 0.2) is 0 Å². The van der Waals surface area contributed by atoms with Crippen molar-refractivity contribution in [3.8, 4) is 11.6 Å². The summed E-state index contributed by atoms with van der Waals surface area (Å²) in [7, 11) is -1.97. The van der Waals surface area contributed by atoms with Gasteiger partial charge in [-0.3, -0.25) is 14.8 Å². The molecule has 2 aromatic heterocycles. The molecule has 31 heavy (non-hydrogen) atoms. The van der Waals surface area contributed by atoms with Gasteiger partial charge in [0.1, 0.15) is 5.69 Å². The highest BCUT2D eigenvalue weighted by Crippen LogP contribution is 2.26. The molecule has 1 unspecified atom stereocenters. The third kappa shape index (κ3) is 4.48. The minimum Gasteiger partial charge on any atom is -0.401 e. The molecule has 1 saturated heterocycles. The van der Waals surface area contributed by atoms with Crippen LogP contribution in [0.5, 0.6) is 0 Å². The lowest BCUT2D eigenvalue weighted by Gasteiger charge is -2.30. The number of sulfonamides is 1. The zero-order chi connectivity index (χ0) is 22.2. The number of halogens is 1. The van der Waals surface area contributed by atoms with E-state index in [4.69, 9.17) is 16.0 Å². The number of aryl methyl sites for hydroxylation is 2. The number of hydrogen-bond acceptors (Lipinski definition) is 7. The number of carbonyl (C=O) groups is 1. The molecule has 1 aliphatic heterocycles. The van der Waals surface area contributed by atoms with Crippen LogP contribution in [0.4, 0.5) is 6.01 Å². The number of benzene rings is 1. The second-order valence-electron chi connectivity index (χ2n) is 7.35. The lowest BCUT2D eigenvalue weighted by molar-refractivity contribution is -0.121. The number of amides is 1. The van der Waals surface area contributed by atoms with Gasteiger partial charge in [-0.1, -0.05) is 16.7 Å². The van der Waals surface area contributed by atoms with Crippen molar-refractivity contribution in [1.29, 1.82) is 0 Å². The van der Waals surface area contributed by atoms with Crippen LogP contribution in [0.2, 0.25) is 5.02 Å². The Morgan fingerprint density at radius 3 is 2.68 bits per heavy atom. The number of carbonyl (C=O) groups excluding carboxylic acids is 1. The Labute approximate surface area is 184 Å². The van der Waals surface area contributed by atoms with E-state index in [9.17, 15) is 13.2 Å². The molecule has 164 valence electrons. The molecule has 1 amide bonds. The second kappa shape index (κ2) is 8.40. The van der Waals surface area contributed by atoms with Crippen LogP contribution < -0.4 is 5.32 Å². The molecule has 3 aromatic rings. The predicted molar refractivity (Wildman–Crippen MR) is 113 cm³/mol. The van der Waals surface area contributed by atoms with Crippen LogP contribution in [-0.2, 0) is 21.9 Å². The molecule has 1 aliphatic rings. The first kappa shape index (κ1) is 21.5. The molecule has 4 rings (SSSR count). The molecule has 0 saturated carbocycles. The number of aromatic nitrogens is 4. The first-order valence-electron chi connectivity index (χ1n) is 9.65. The topological polar surface area (TPSA) is 123 Å². The highest BCUT2D eigenvalue weighted by Gasteiger charge is 2.34. The summed E-state index contributed by atoms with van der Waals surface area (Å²) in [6.07, 6.45) is 1.12. The van der Waals surface area contributed by atoms with Gasteiger partial charge in [-0.05, 0) is 50.1 Å². The van der Waals surface area contributed by atoms with Gasteiger partial charge in [0.05, 0.1) is 16.5 Å². The molecular weight excluding hydrogens is 444 g/mol. The van der Waals surface area contributed by atoms with Crippen molar-refractivity contribution < 1.29 is 17.6 Å². The van der Waals surface area contributed by atoms with Crippen LogP contribution in [0.15, 0.2) is 39.6 Å². The van der Waals surface area contributed by atoms with Crippen molar-refractivity contribution in [3.05, 3.63) is 41.0 Å². The Morgan fingerprint density at radius 2 is 2.00 bits per heavy atom. The summed E-state index contributed by atoms with van der Waals surface area (Å²) in [6, 6.07) is 7.72. The monoisotopic (exact) mass is 464 g/mol. The van der Waals surface area contributed by atoms with Gasteiger partial charge in [-0.2, -0.15) is 9.40 Å². The molecule has 1 N–H and O–H groups in total. The summed E-state index contributed by atoms with van der Waals surface area (Å²) in [6.45, 7) is 2.26. The number of piperidine rings is 1. The van der Waals surface area contributed by atoms with E-state index in [0.29, 0.717) is 30.1 Å². The third-order valence-electron chi connectivity index (χ3n) is 5.08. The second-order valence-corrected chi connectivity index (χ2v) is 9.73. The van der Waals surface area contributed by atoms with E-state index in [1.807, 2.05) is 6.92 Å². The van der Waals surface area contributed by atoms with Crippen molar-refractivity contribution in [1.82, 2.24) is 24.3 Å². The van der Waals surface area contributed by atoms with E-state index in [1.165, 1.54) is 28.6 Å².